The quantitative estimate of drug-likeness (QED) is 0.856. The summed E-state index contributed by atoms with van der Waals surface area (Å²) >= 11 is 0. The van der Waals surface area contributed by atoms with E-state index in [2.05, 4.69) is 12.0 Å². The third-order valence-corrected chi connectivity index (χ3v) is 4.42. The van der Waals surface area contributed by atoms with Crippen LogP contribution in [0.2, 0.25) is 0 Å². The molecule has 2 heterocycles. The fourth-order valence-electron chi connectivity index (χ4n) is 3.21. The van der Waals surface area contributed by atoms with Crippen molar-refractivity contribution in [3.8, 4) is 5.69 Å². The van der Waals surface area contributed by atoms with Gasteiger partial charge in [0.1, 0.15) is 0 Å². The monoisotopic (exact) mass is 357 g/mol. The maximum Gasteiger partial charge on any atom is 0.306 e. The first-order valence-corrected chi connectivity index (χ1v) is 8.85. The van der Waals surface area contributed by atoms with E-state index >= 15 is 0 Å². The third-order valence-electron chi connectivity index (χ3n) is 4.42. The van der Waals surface area contributed by atoms with E-state index in [9.17, 15) is 9.59 Å². The topological polar surface area (TPSA) is 84.7 Å². The molecule has 3 rings (SSSR count). The zero-order valence-electron chi connectivity index (χ0n) is 14.8. The molecule has 26 heavy (non-hydrogen) atoms. The number of carbonyl (C=O) groups is 2. The fourth-order valence-corrected chi connectivity index (χ4v) is 3.21. The molecule has 7 heteroatoms. The summed E-state index contributed by atoms with van der Waals surface area (Å²) in [5.74, 6) is -1.04. The van der Waals surface area contributed by atoms with Crippen molar-refractivity contribution in [3.05, 3.63) is 47.8 Å². The van der Waals surface area contributed by atoms with Gasteiger partial charge in [-0.2, -0.15) is 5.10 Å². The number of amides is 1. The van der Waals surface area contributed by atoms with Gasteiger partial charge in [0.25, 0.3) is 5.91 Å². The summed E-state index contributed by atoms with van der Waals surface area (Å²) in [7, 11) is 0. The Balaban J connectivity index is 1.85. The summed E-state index contributed by atoms with van der Waals surface area (Å²) in [6, 6.07) is 9.73. The summed E-state index contributed by atoms with van der Waals surface area (Å²) < 4.78 is 7.27. The molecule has 1 aliphatic rings. The van der Waals surface area contributed by atoms with Crippen LogP contribution in [0.3, 0.4) is 0 Å². The number of carboxylic acids is 1. The van der Waals surface area contributed by atoms with Crippen LogP contribution in [0.4, 0.5) is 0 Å². The minimum Gasteiger partial charge on any atom is -0.481 e. The molecule has 1 aromatic heterocycles. The highest BCUT2D eigenvalue weighted by Crippen LogP contribution is 2.20. The number of morpholine rings is 1. The van der Waals surface area contributed by atoms with Gasteiger partial charge in [-0.1, -0.05) is 31.5 Å². The number of hydrogen-bond donors (Lipinski definition) is 1. The molecule has 1 amide bonds. The number of nitrogens with zero attached hydrogens (tertiary/aromatic N) is 3. The summed E-state index contributed by atoms with van der Waals surface area (Å²) in [6.45, 7) is 3.15. The Morgan fingerprint density at radius 2 is 2.08 bits per heavy atom. The van der Waals surface area contributed by atoms with Crippen molar-refractivity contribution in [3.63, 3.8) is 0 Å². The Labute approximate surface area is 152 Å². The van der Waals surface area contributed by atoms with Crippen molar-refractivity contribution >= 4 is 11.9 Å². The molecule has 2 aromatic rings. The Hall–Kier alpha value is -2.67. The predicted molar refractivity (Wildman–Crippen MR) is 95.5 cm³/mol. The molecular weight excluding hydrogens is 334 g/mol. The second-order valence-corrected chi connectivity index (χ2v) is 6.34. The van der Waals surface area contributed by atoms with Gasteiger partial charge in [-0.05, 0) is 18.6 Å². The number of carbonyl (C=O) groups excluding carboxylic acids is 1. The van der Waals surface area contributed by atoms with Crippen molar-refractivity contribution in [1.82, 2.24) is 14.7 Å². The van der Waals surface area contributed by atoms with E-state index in [1.54, 1.807) is 11.1 Å². The summed E-state index contributed by atoms with van der Waals surface area (Å²) in [5, 5.41) is 13.4. The fraction of sp³-hybridized carbons (Fsp3) is 0.421. The maximum absolute atomic E-state index is 13.0. The minimum atomic E-state index is -0.923. The SMILES string of the molecule is CCCc1c(C(=O)N2CCOC(CC(=O)O)C2)cnn1-c1ccccc1. The van der Waals surface area contributed by atoms with Crippen LogP contribution in [0.1, 0.15) is 35.8 Å². The average Bonchev–Trinajstić information content (AvgIpc) is 3.05. The summed E-state index contributed by atoms with van der Waals surface area (Å²) in [5.41, 5.74) is 2.37. The van der Waals surface area contributed by atoms with Crippen molar-refractivity contribution in [2.45, 2.75) is 32.3 Å². The van der Waals surface area contributed by atoms with Crippen molar-refractivity contribution < 1.29 is 19.4 Å². The molecule has 7 nitrogen and oxygen atoms in total. The second kappa shape index (κ2) is 8.14. The normalized spacial score (nSPS) is 17.3. The smallest absolute Gasteiger partial charge is 0.306 e. The molecular formula is C19H23N3O4. The predicted octanol–water partition coefficient (Wildman–Crippen LogP) is 2.14. The highest BCUT2D eigenvalue weighted by atomic mass is 16.5. The molecule has 0 bridgehead atoms. The van der Waals surface area contributed by atoms with Crippen LogP contribution in [-0.4, -0.2) is 57.5 Å². The molecule has 1 unspecified atom stereocenters. The second-order valence-electron chi connectivity index (χ2n) is 6.34. The molecule has 1 aliphatic heterocycles. The molecule has 1 fully saturated rings. The molecule has 0 aliphatic carbocycles. The zero-order valence-corrected chi connectivity index (χ0v) is 14.8. The van der Waals surface area contributed by atoms with E-state index in [1.807, 2.05) is 35.0 Å². The van der Waals surface area contributed by atoms with Crippen molar-refractivity contribution in [1.29, 1.82) is 0 Å². The Kier molecular flexibility index (Phi) is 5.68. The van der Waals surface area contributed by atoms with Gasteiger partial charge in [-0.3, -0.25) is 9.59 Å². The lowest BCUT2D eigenvalue weighted by molar-refractivity contribution is -0.141. The molecule has 138 valence electrons. The minimum absolute atomic E-state index is 0.102. The number of benzene rings is 1. The van der Waals surface area contributed by atoms with Gasteiger partial charge >= 0.3 is 5.97 Å². The lowest BCUT2D eigenvalue weighted by atomic mass is 10.1. The standard InChI is InChI=1S/C19H23N3O4/c1-2-6-17-16(12-20-22(17)14-7-4-3-5-8-14)19(25)21-9-10-26-15(13-21)11-18(23)24/h3-5,7-8,12,15H,2,6,9-11,13H2,1H3,(H,23,24). The summed E-state index contributed by atoms with van der Waals surface area (Å²) in [4.78, 5) is 25.6. The van der Waals surface area contributed by atoms with Crippen LogP contribution in [0.25, 0.3) is 5.69 Å². The van der Waals surface area contributed by atoms with Gasteiger partial charge in [-0.25, -0.2) is 4.68 Å². The summed E-state index contributed by atoms with van der Waals surface area (Å²) in [6.07, 6.45) is 2.67. The highest BCUT2D eigenvalue weighted by molar-refractivity contribution is 5.95. The largest absolute Gasteiger partial charge is 0.481 e. The Morgan fingerprint density at radius 3 is 2.77 bits per heavy atom. The van der Waals surface area contributed by atoms with E-state index in [0.717, 1.165) is 24.2 Å². The molecule has 1 aromatic carbocycles. The van der Waals surface area contributed by atoms with E-state index in [4.69, 9.17) is 9.84 Å². The highest BCUT2D eigenvalue weighted by Gasteiger charge is 2.29. The van der Waals surface area contributed by atoms with Crippen LogP contribution < -0.4 is 0 Å². The van der Waals surface area contributed by atoms with Gasteiger partial charge in [0.05, 0.1) is 42.3 Å². The van der Waals surface area contributed by atoms with E-state index < -0.39 is 12.1 Å². The van der Waals surface area contributed by atoms with E-state index in [0.29, 0.717) is 18.7 Å². The van der Waals surface area contributed by atoms with Crippen LogP contribution in [-0.2, 0) is 16.0 Å². The lowest BCUT2D eigenvalue weighted by Gasteiger charge is -2.32. The number of aromatic nitrogens is 2. The van der Waals surface area contributed by atoms with Gasteiger partial charge in [0, 0.05) is 13.1 Å². The average molecular weight is 357 g/mol. The van der Waals surface area contributed by atoms with Crippen molar-refractivity contribution in [2.75, 3.05) is 19.7 Å². The molecule has 0 radical (unpaired) electrons. The van der Waals surface area contributed by atoms with Crippen LogP contribution in [0.15, 0.2) is 36.5 Å². The molecule has 1 N–H and O–H groups in total. The molecule has 1 saturated heterocycles. The Morgan fingerprint density at radius 1 is 1.31 bits per heavy atom. The maximum atomic E-state index is 13.0. The number of rotatable bonds is 6. The van der Waals surface area contributed by atoms with Gasteiger partial charge in [0.15, 0.2) is 0 Å². The first-order valence-electron chi connectivity index (χ1n) is 8.85. The van der Waals surface area contributed by atoms with E-state index in [-0.39, 0.29) is 18.9 Å². The van der Waals surface area contributed by atoms with Crippen LogP contribution >= 0.6 is 0 Å². The van der Waals surface area contributed by atoms with Crippen molar-refractivity contribution in [2.24, 2.45) is 0 Å². The molecule has 0 spiro atoms. The van der Waals surface area contributed by atoms with Gasteiger partial charge in [-0.15, -0.1) is 0 Å². The number of aliphatic carboxylic acids is 1. The third kappa shape index (κ3) is 3.94. The van der Waals surface area contributed by atoms with Crippen LogP contribution in [0.5, 0.6) is 0 Å². The van der Waals surface area contributed by atoms with Gasteiger partial charge in [0.2, 0.25) is 0 Å². The van der Waals surface area contributed by atoms with Crippen LogP contribution in [0, 0.1) is 0 Å². The van der Waals surface area contributed by atoms with E-state index in [1.165, 1.54) is 0 Å². The number of hydrogen-bond acceptors (Lipinski definition) is 4. The number of para-hydroxylation sites is 1. The Bertz CT molecular complexity index is 772. The molecule has 0 saturated carbocycles. The lowest BCUT2D eigenvalue weighted by Crippen LogP contribution is -2.46. The zero-order chi connectivity index (χ0) is 18.5. The van der Waals surface area contributed by atoms with Gasteiger partial charge < -0.3 is 14.7 Å². The first kappa shape index (κ1) is 18.1. The molecule has 1 atom stereocenters. The first-order chi connectivity index (χ1) is 12.6. The number of ether oxygens (including phenoxy) is 1. The number of carboxylic acid groups (broad SMARTS) is 1.